The van der Waals surface area contributed by atoms with Crippen molar-refractivity contribution < 1.29 is 9.53 Å². The lowest BCUT2D eigenvalue weighted by molar-refractivity contribution is 0.0599. The summed E-state index contributed by atoms with van der Waals surface area (Å²) in [6.07, 6.45) is 2.18. The van der Waals surface area contributed by atoms with E-state index in [1.165, 1.54) is 7.11 Å². The van der Waals surface area contributed by atoms with Gasteiger partial charge in [0.25, 0.3) is 0 Å². The highest BCUT2D eigenvalue weighted by Gasteiger charge is 2.28. The van der Waals surface area contributed by atoms with Crippen molar-refractivity contribution in [2.75, 3.05) is 18.6 Å². The van der Waals surface area contributed by atoms with Crippen LogP contribution in [-0.4, -0.2) is 29.6 Å². The molecule has 1 unspecified atom stereocenters. The minimum atomic E-state index is -0.347. The zero-order valence-electron chi connectivity index (χ0n) is 13.7. The number of methoxy groups -OCH3 is 1. The van der Waals surface area contributed by atoms with Crippen LogP contribution >= 0.6 is 0 Å². The maximum Gasteiger partial charge on any atom is 0.339 e. The Morgan fingerprint density at radius 2 is 2.04 bits per heavy atom. The lowest BCUT2D eigenvalue weighted by atomic mass is 10.1. The van der Waals surface area contributed by atoms with Crippen LogP contribution in [0.15, 0.2) is 30.3 Å². The van der Waals surface area contributed by atoms with E-state index in [0.29, 0.717) is 11.3 Å². The minimum Gasteiger partial charge on any atom is -0.465 e. The van der Waals surface area contributed by atoms with Gasteiger partial charge in [-0.1, -0.05) is 6.07 Å². The minimum absolute atomic E-state index is 0.241. The smallest absolute Gasteiger partial charge is 0.339 e. The van der Waals surface area contributed by atoms with Gasteiger partial charge in [0.05, 0.1) is 30.1 Å². The van der Waals surface area contributed by atoms with E-state index < -0.39 is 0 Å². The molecule has 0 radical (unpaired) electrons. The zero-order chi connectivity index (χ0) is 16.4. The summed E-state index contributed by atoms with van der Waals surface area (Å²) in [6, 6.07) is 10.1. The second kappa shape index (κ2) is 6.36. The number of aromatic nitrogens is 2. The van der Waals surface area contributed by atoms with Crippen molar-refractivity contribution in [3.63, 3.8) is 0 Å². The molecule has 120 valence electrons. The van der Waals surface area contributed by atoms with E-state index in [2.05, 4.69) is 20.9 Å². The summed E-state index contributed by atoms with van der Waals surface area (Å²) in [5, 5.41) is 0. The number of hydrogen-bond acceptors (Lipinski definition) is 5. The second-order valence-electron chi connectivity index (χ2n) is 5.85. The van der Waals surface area contributed by atoms with E-state index in [1.807, 2.05) is 32.0 Å². The Kier molecular flexibility index (Phi) is 4.28. The molecule has 1 fully saturated rings. The summed E-state index contributed by atoms with van der Waals surface area (Å²) in [7, 11) is 1.38. The standard InChI is InChI=1S/C18H21N3O2/c1-12-6-4-7-15(19-12)16-8-5-11-21(16)17-10-9-14(13(2)20-17)18(22)23-3/h4,6-7,9-10,16H,5,8,11H2,1-3H3. The first-order valence-corrected chi connectivity index (χ1v) is 7.86. The topological polar surface area (TPSA) is 55.3 Å². The number of ether oxygens (including phenoxy) is 1. The van der Waals surface area contributed by atoms with Gasteiger partial charge in [0.2, 0.25) is 0 Å². The van der Waals surface area contributed by atoms with E-state index in [0.717, 1.165) is 36.6 Å². The SMILES string of the molecule is COC(=O)c1ccc(N2CCCC2c2cccc(C)n2)nc1C. The fraction of sp³-hybridized carbons (Fsp3) is 0.389. The van der Waals surface area contributed by atoms with Gasteiger partial charge in [0.1, 0.15) is 5.82 Å². The molecule has 3 heterocycles. The first kappa shape index (κ1) is 15.5. The molecule has 1 atom stereocenters. The number of carbonyl (C=O) groups is 1. The number of rotatable bonds is 3. The van der Waals surface area contributed by atoms with E-state index in [-0.39, 0.29) is 12.0 Å². The summed E-state index contributed by atoms with van der Waals surface area (Å²) < 4.78 is 4.78. The Labute approximate surface area is 136 Å². The molecule has 23 heavy (non-hydrogen) atoms. The van der Waals surface area contributed by atoms with Crippen LogP contribution in [0.2, 0.25) is 0 Å². The molecule has 5 heteroatoms. The molecule has 0 aliphatic carbocycles. The van der Waals surface area contributed by atoms with Gasteiger partial charge in [0, 0.05) is 12.2 Å². The van der Waals surface area contributed by atoms with Crippen LogP contribution in [0.5, 0.6) is 0 Å². The molecule has 2 aromatic heterocycles. The lowest BCUT2D eigenvalue weighted by Crippen LogP contribution is -2.25. The number of hydrogen-bond donors (Lipinski definition) is 0. The maximum atomic E-state index is 11.7. The van der Waals surface area contributed by atoms with Crippen LogP contribution < -0.4 is 4.90 Å². The van der Waals surface area contributed by atoms with Gasteiger partial charge in [-0.15, -0.1) is 0 Å². The third-order valence-electron chi connectivity index (χ3n) is 4.27. The summed E-state index contributed by atoms with van der Waals surface area (Å²) in [4.78, 5) is 23.3. The van der Waals surface area contributed by atoms with Crippen LogP contribution in [0.25, 0.3) is 0 Å². The molecule has 1 saturated heterocycles. The van der Waals surface area contributed by atoms with Crippen molar-refractivity contribution in [3.05, 3.63) is 53.0 Å². The summed E-state index contributed by atoms with van der Waals surface area (Å²) in [5.41, 5.74) is 3.32. The number of esters is 1. The molecular formula is C18H21N3O2. The van der Waals surface area contributed by atoms with E-state index in [9.17, 15) is 4.79 Å². The molecular weight excluding hydrogens is 290 g/mol. The monoisotopic (exact) mass is 311 g/mol. The third kappa shape index (κ3) is 3.04. The fourth-order valence-electron chi connectivity index (χ4n) is 3.13. The quantitative estimate of drug-likeness (QED) is 0.815. The molecule has 0 spiro atoms. The Bertz CT molecular complexity index is 730. The van der Waals surface area contributed by atoms with Crippen molar-refractivity contribution in [3.8, 4) is 0 Å². The summed E-state index contributed by atoms with van der Waals surface area (Å²) >= 11 is 0. The molecule has 1 aliphatic heterocycles. The Balaban J connectivity index is 1.91. The highest BCUT2D eigenvalue weighted by Crippen LogP contribution is 2.34. The highest BCUT2D eigenvalue weighted by molar-refractivity contribution is 5.90. The molecule has 2 aromatic rings. The highest BCUT2D eigenvalue weighted by atomic mass is 16.5. The number of anilines is 1. The molecule has 0 bridgehead atoms. The molecule has 1 aliphatic rings. The normalized spacial score (nSPS) is 17.3. The van der Waals surface area contributed by atoms with Gasteiger partial charge >= 0.3 is 5.97 Å². The number of pyridine rings is 2. The Morgan fingerprint density at radius 1 is 1.22 bits per heavy atom. The second-order valence-corrected chi connectivity index (χ2v) is 5.85. The molecule has 0 amide bonds. The van der Waals surface area contributed by atoms with Crippen LogP contribution in [0.3, 0.4) is 0 Å². The van der Waals surface area contributed by atoms with E-state index >= 15 is 0 Å². The largest absolute Gasteiger partial charge is 0.465 e. The van der Waals surface area contributed by atoms with E-state index in [4.69, 9.17) is 4.74 Å². The summed E-state index contributed by atoms with van der Waals surface area (Å²) in [6.45, 7) is 4.80. The number of nitrogens with zero attached hydrogens (tertiary/aromatic N) is 3. The zero-order valence-corrected chi connectivity index (χ0v) is 13.7. The van der Waals surface area contributed by atoms with Gasteiger partial charge in [-0.2, -0.15) is 0 Å². The lowest BCUT2D eigenvalue weighted by Gasteiger charge is -2.26. The van der Waals surface area contributed by atoms with Crippen LogP contribution in [-0.2, 0) is 4.74 Å². The van der Waals surface area contributed by atoms with Crippen molar-refractivity contribution in [1.29, 1.82) is 0 Å². The summed E-state index contributed by atoms with van der Waals surface area (Å²) in [5.74, 6) is 0.542. The fourth-order valence-corrected chi connectivity index (χ4v) is 3.13. The molecule has 3 rings (SSSR count). The van der Waals surface area contributed by atoms with Crippen molar-refractivity contribution in [2.45, 2.75) is 32.7 Å². The average molecular weight is 311 g/mol. The van der Waals surface area contributed by atoms with Crippen molar-refractivity contribution >= 4 is 11.8 Å². The molecule has 0 saturated carbocycles. The van der Waals surface area contributed by atoms with Gasteiger partial charge in [-0.05, 0) is 51.0 Å². The van der Waals surface area contributed by atoms with Gasteiger partial charge in [0.15, 0.2) is 0 Å². The van der Waals surface area contributed by atoms with Crippen LogP contribution in [0.1, 0.15) is 46.3 Å². The third-order valence-corrected chi connectivity index (χ3v) is 4.27. The first-order valence-electron chi connectivity index (χ1n) is 7.86. The van der Waals surface area contributed by atoms with Crippen molar-refractivity contribution in [2.24, 2.45) is 0 Å². The predicted molar refractivity (Wildman–Crippen MR) is 88.6 cm³/mol. The van der Waals surface area contributed by atoms with Crippen LogP contribution in [0.4, 0.5) is 5.82 Å². The molecule has 0 aromatic carbocycles. The Hall–Kier alpha value is -2.43. The predicted octanol–water partition coefficient (Wildman–Crippen LogP) is 3.22. The maximum absolute atomic E-state index is 11.7. The molecule has 0 N–H and O–H groups in total. The molecule has 5 nitrogen and oxygen atoms in total. The number of aryl methyl sites for hydroxylation is 2. The number of carbonyl (C=O) groups excluding carboxylic acids is 1. The Morgan fingerprint density at radius 3 is 2.74 bits per heavy atom. The van der Waals surface area contributed by atoms with Crippen LogP contribution in [0, 0.1) is 13.8 Å². The van der Waals surface area contributed by atoms with E-state index in [1.54, 1.807) is 6.07 Å². The van der Waals surface area contributed by atoms with Gasteiger partial charge in [-0.3, -0.25) is 4.98 Å². The van der Waals surface area contributed by atoms with Gasteiger partial charge < -0.3 is 9.64 Å². The first-order chi connectivity index (χ1) is 11.1. The van der Waals surface area contributed by atoms with Gasteiger partial charge in [-0.25, -0.2) is 9.78 Å². The average Bonchev–Trinajstić information content (AvgIpc) is 3.03. The van der Waals surface area contributed by atoms with Crippen molar-refractivity contribution in [1.82, 2.24) is 9.97 Å².